The number of methoxy groups -OCH3 is 1. The van der Waals surface area contributed by atoms with E-state index < -0.39 is 24.9 Å². The average molecular weight is 485 g/mol. The Morgan fingerprint density at radius 2 is 2.17 bits per heavy atom. The number of fused-ring (bicyclic) bond motifs is 2. The van der Waals surface area contributed by atoms with Crippen LogP contribution in [-0.4, -0.2) is 79.5 Å². The Kier molecular flexibility index (Phi) is 5.95. The van der Waals surface area contributed by atoms with Gasteiger partial charge in [0.2, 0.25) is 17.7 Å². The molecule has 1 N–H and O–H groups in total. The first-order valence-electron chi connectivity index (χ1n) is 11.4. The molecule has 3 aromatic heterocycles. The molecule has 184 valence electrons. The maximum Gasteiger partial charge on any atom is 0.244 e. The molecule has 35 heavy (non-hydrogen) atoms. The molecule has 5 rings (SSSR count). The number of nitrogens with zero attached hydrogens (tertiary/aromatic N) is 7. The highest BCUT2D eigenvalue weighted by Crippen LogP contribution is 2.33. The summed E-state index contributed by atoms with van der Waals surface area (Å²) in [5.74, 6) is 0.416. The zero-order chi connectivity index (χ0) is 24.7. The largest absolute Gasteiger partial charge is 0.479 e. The lowest BCUT2D eigenvalue weighted by molar-refractivity contribution is -0.131. The number of alkyl halides is 2. The van der Waals surface area contributed by atoms with E-state index in [1.165, 1.54) is 18.9 Å². The molecule has 1 fully saturated rings. The fourth-order valence-electron chi connectivity index (χ4n) is 4.44. The Balaban J connectivity index is 1.48. The van der Waals surface area contributed by atoms with Gasteiger partial charge in [-0.15, -0.1) is 10.2 Å². The number of hydrogen-bond donors (Lipinski definition) is 1. The van der Waals surface area contributed by atoms with E-state index in [0.29, 0.717) is 29.9 Å². The van der Waals surface area contributed by atoms with Crippen molar-refractivity contribution in [1.29, 1.82) is 0 Å². The first-order chi connectivity index (χ1) is 16.9. The number of rotatable bonds is 6. The van der Waals surface area contributed by atoms with Crippen LogP contribution in [0.1, 0.15) is 26.3 Å². The van der Waals surface area contributed by atoms with Crippen LogP contribution in [0.15, 0.2) is 30.5 Å². The molecule has 0 unspecified atom stereocenters. The Bertz CT molecular complexity index is 1390. The van der Waals surface area contributed by atoms with Crippen LogP contribution in [0.2, 0.25) is 0 Å². The molecule has 1 aliphatic heterocycles. The number of carbonyl (C=O) groups is 1. The summed E-state index contributed by atoms with van der Waals surface area (Å²) in [6.07, 6.45) is 0.977. The Morgan fingerprint density at radius 3 is 2.89 bits per heavy atom. The third-order valence-electron chi connectivity index (χ3n) is 6.40. The molecular weight excluding hydrogens is 458 g/mol. The zero-order valence-corrected chi connectivity index (χ0v) is 19.7. The highest BCUT2D eigenvalue weighted by molar-refractivity contribution is 5.89. The van der Waals surface area contributed by atoms with E-state index in [-0.39, 0.29) is 18.4 Å². The van der Waals surface area contributed by atoms with Crippen molar-refractivity contribution in [3.63, 3.8) is 0 Å². The van der Waals surface area contributed by atoms with Gasteiger partial charge >= 0.3 is 0 Å². The minimum atomic E-state index is -1.24. The van der Waals surface area contributed by atoms with Gasteiger partial charge in [-0.3, -0.25) is 4.79 Å². The molecule has 0 spiro atoms. The lowest BCUT2D eigenvalue weighted by Crippen LogP contribution is -2.49. The molecule has 10 nitrogen and oxygen atoms in total. The van der Waals surface area contributed by atoms with Gasteiger partial charge in [0, 0.05) is 25.2 Å². The summed E-state index contributed by atoms with van der Waals surface area (Å²) in [5, 5.41) is 15.8. The molecule has 1 amide bonds. The van der Waals surface area contributed by atoms with Gasteiger partial charge in [0.1, 0.15) is 23.9 Å². The van der Waals surface area contributed by atoms with Crippen molar-refractivity contribution in [2.24, 2.45) is 0 Å². The van der Waals surface area contributed by atoms with Gasteiger partial charge < -0.3 is 15.0 Å². The van der Waals surface area contributed by atoms with E-state index in [0.717, 1.165) is 16.6 Å². The fraction of sp³-hybridized carbons (Fsp3) is 0.435. The summed E-state index contributed by atoms with van der Waals surface area (Å²) in [4.78, 5) is 17.5. The fourth-order valence-corrected chi connectivity index (χ4v) is 4.44. The number of anilines is 1. The van der Waals surface area contributed by atoms with Crippen LogP contribution >= 0.6 is 0 Å². The standard InChI is InChI=1S/C23H26F2N8O2/c1-13(11-24)33-20-10-15(4-5-19(20)28-30-33)16-6-9-32-21(16)22(35-3)27-23(29-32)26-18-7-8-31(14(2)34)12-17(18)25/h4-6,9-10,13,17-18H,7-8,11-12H2,1-3H3,(H,26,29)/t13-,17+,18-/m0/s1. The van der Waals surface area contributed by atoms with Crippen molar-refractivity contribution < 1.29 is 18.3 Å². The van der Waals surface area contributed by atoms with Crippen molar-refractivity contribution >= 4 is 28.4 Å². The maximum absolute atomic E-state index is 14.7. The van der Waals surface area contributed by atoms with Crippen LogP contribution in [0.4, 0.5) is 14.7 Å². The topological polar surface area (TPSA) is 102 Å². The van der Waals surface area contributed by atoms with Crippen LogP contribution in [0.25, 0.3) is 27.7 Å². The second kappa shape index (κ2) is 9.08. The van der Waals surface area contributed by atoms with E-state index in [1.807, 2.05) is 24.3 Å². The minimum Gasteiger partial charge on any atom is -0.479 e. The highest BCUT2D eigenvalue weighted by Gasteiger charge is 2.31. The molecule has 0 saturated carbocycles. The van der Waals surface area contributed by atoms with E-state index in [1.54, 1.807) is 22.3 Å². The number of piperidine rings is 1. The lowest BCUT2D eigenvalue weighted by Gasteiger charge is -2.34. The van der Waals surface area contributed by atoms with E-state index in [4.69, 9.17) is 4.74 Å². The Morgan fingerprint density at radius 1 is 1.34 bits per heavy atom. The summed E-state index contributed by atoms with van der Waals surface area (Å²) in [7, 11) is 1.51. The number of nitrogens with one attached hydrogen (secondary N) is 1. The van der Waals surface area contributed by atoms with Gasteiger partial charge in [0.05, 0.1) is 31.3 Å². The molecule has 12 heteroatoms. The zero-order valence-electron chi connectivity index (χ0n) is 19.7. The summed E-state index contributed by atoms with van der Waals surface area (Å²) in [6.45, 7) is 3.13. The van der Waals surface area contributed by atoms with Crippen molar-refractivity contribution in [2.75, 3.05) is 32.2 Å². The minimum absolute atomic E-state index is 0.0367. The highest BCUT2D eigenvalue weighted by atomic mass is 19.1. The van der Waals surface area contributed by atoms with Crippen LogP contribution in [-0.2, 0) is 4.79 Å². The number of benzene rings is 1. The van der Waals surface area contributed by atoms with Gasteiger partial charge in [-0.25, -0.2) is 18.0 Å². The van der Waals surface area contributed by atoms with Gasteiger partial charge in [0.25, 0.3) is 0 Å². The number of amides is 1. The molecule has 0 aliphatic carbocycles. The molecule has 1 aromatic carbocycles. The molecule has 4 heterocycles. The number of hydrogen-bond acceptors (Lipinski definition) is 7. The molecule has 0 radical (unpaired) electrons. The van der Waals surface area contributed by atoms with Gasteiger partial charge in [-0.2, -0.15) is 4.98 Å². The predicted octanol–water partition coefficient (Wildman–Crippen LogP) is 3.05. The normalized spacial score (nSPS) is 19.3. The maximum atomic E-state index is 14.7. The van der Waals surface area contributed by atoms with E-state index in [2.05, 4.69) is 25.7 Å². The molecule has 0 bridgehead atoms. The summed E-state index contributed by atoms with van der Waals surface area (Å²) in [6, 6.07) is 6.57. The SMILES string of the molecule is COc1nc(N[C@H]2CCN(C(C)=O)C[C@H]2F)nn2ccc(-c3ccc4nnn([C@@H](C)CF)c4c3)c12. The Labute approximate surface area is 199 Å². The number of aromatic nitrogens is 6. The summed E-state index contributed by atoms with van der Waals surface area (Å²) in [5.41, 5.74) is 3.69. The van der Waals surface area contributed by atoms with Crippen molar-refractivity contribution in [3.8, 4) is 17.0 Å². The third kappa shape index (κ3) is 4.13. The average Bonchev–Trinajstić information content (AvgIpc) is 3.48. The van der Waals surface area contributed by atoms with E-state index in [9.17, 15) is 13.6 Å². The first kappa shape index (κ1) is 22.9. The van der Waals surface area contributed by atoms with Crippen molar-refractivity contribution in [1.82, 2.24) is 34.5 Å². The second-order valence-corrected chi connectivity index (χ2v) is 8.73. The molecule has 3 atom stereocenters. The molecule has 1 saturated heterocycles. The monoisotopic (exact) mass is 484 g/mol. The van der Waals surface area contributed by atoms with Crippen LogP contribution < -0.4 is 10.1 Å². The number of likely N-dealkylation sites (tertiary alicyclic amines) is 1. The number of carbonyl (C=O) groups excluding carboxylic acids is 1. The molecular formula is C23H26F2N8O2. The van der Waals surface area contributed by atoms with Crippen LogP contribution in [0.3, 0.4) is 0 Å². The van der Waals surface area contributed by atoms with Gasteiger partial charge in [-0.1, -0.05) is 11.3 Å². The van der Waals surface area contributed by atoms with Crippen molar-refractivity contribution in [3.05, 3.63) is 30.5 Å². The quantitative estimate of drug-likeness (QED) is 0.449. The predicted molar refractivity (Wildman–Crippen MR) is 126 cm³/mol. The molecule has 1 aliphatic rings. The van der Waals surface area contributed by atoms with Gasteiger partial charge in [-0.05, 0) is 37.1 Å². The molecule has 4 aromatic rings. The Hall–Kier alpha value is -3.83. The second-order valence-electron chi connectivity index (χ2n) is 8.73. The smallest absolute Gasteiger partial charge is 0.244 e. The van der Waals surface area contributed by atoms with Crippen LogP contribution in [0, 0.1) is 0 Å². The first-order valence-corrected chi connectivity index (χ1v) is 11.4. The van der Waals surface area contributed by atoms with Gasteiger partial charge in [0.15, 0.2) is 0 Å². The number of ether oxygens (including phenoxy) is 1. The van der Waals surface area contributed by atoms with Crippen LogP contribution in [0.5, 0.6) is 5.88 Å². The third-order valence-corrected chi connectivity index (χ3v) is 6.40. The van der Waals surface area contributed by atoms with Crippen molar-refractivity contribution in [2.45, 2.75) is 38.5 Å². The summed E-state index contributed by atoms with van der Waals surface area (Å²) < 4.78 is 36.7. The lowest BCUT2D eigenvalue weighted by atomic mass is 10.0. The van der Waals surface area contributed by atoms with E-state index >= 15 is 0 Å². The number of halogens is 2. The summed E-state index contributed by atoms with van der Waals surface area (Å²) >= 11 is 0.